The van der Waals surface area contributed by atoms with Crippen molar-refractivity contribution in [3.8, 4) is 17.2 Å². The third-order valence-electron chi connectivity index (χ3n) is 4.32. The highest BCUT2D eigenvalue weighted by Gasteiger charge is 2.14. The minimum atomic E-state index is -0.294. The van der Waals surface area contributed by atoms with Crippen LogP contribution in [0.1, 0.15) is 15.9 Å². The molecule has 29 heavy (non-hydrogen) atoms. The van der Waals surface area contributed by atoms with Gasteiger partial charge in [-0.05, 0) is 30.9 Å². The fourth-order valence-electron chi connectivity index (χ4n) is 2.77. The molecule has 0 unspecified atom stereocenters. The summed E-state index contributed by atoms with van der Waals surface area (Å²) in [6.07, 6.45) is 5.53. The zero-order valence-corrected chi connectivity index (χ0v) is 17.6. The number of hydrogen-bond donors (Lipinski definition) is 0. The second-order valence-electron chi connectivity index (χ2n) is 6.31. The SMILES string of the molecule is CSc1cnc(-n2c(-c3ccc(C)cc3)csc2=NC(=O)c2ccccc2)nc1. The lowest BCUT2D eigenvalue weighted by atomic mass is 10.1. The van der Waals surface area contributed by atoms with Gasteiger partial charge in [-0.3, -0.25) is 9.36 Å². The van der Waals surface area contributed by atoms with E-state index in [2.05, 4.69) is 34.0 Å². The molecule has 4 aromatic rings. The molecule has 0 fully saturated rings. The Labute approximate surface area is 176 Å². The molecular formula is C22H18N4OS2. The van der Waals surface area contributed by atoms with Crippen molar-refractivity contribution >= 4 is 29.0 Å². The molecule has 7 heteroatoms. The molecule has 0 saturated carbocycles. The van der Waals surface area contributed by atoms with Crippen LogP contribution >= 0.6 is 23.1 Å². The van der Waals surface area contributed by atoms with Gasteiger partial charge in [0.25, 0.3) is 5.91 Å². The Hall–Kier alpha value is -3.03. The number of carbonyl (C=O) groups excluding carboxylic acids is 1. The van der Waals surface area contributed by atoms with Crippen LogP contribution in [0.3, 0.4) is 0 Å². The molecule has 0 bridgehead atoms. The molecule has 0 aliphatic carbocycles. The van der Waals surface area contributed by atoms with Crippen LogP contribution < -0.4 is 4.80 Å². The van der Waals surface area contributed by atoms with E-state index in [0.29, 0.717) is 16.3 Å². The minimum absolute atomic E-state index is 0.294. The number of benzene rings is 2. The standard InChI is InChI=1S/C22H18N4OS2/c1-15-8-10-16(11-9-15)19-14-29-22(25-20(27)17-6-4-3-5-7-17)26(19)21-23-12-18(28-2)13-24-21/h3-14H,1-2H3. The van der Waals surface area contributed by atoms with Gasteiger partial charge in [-0.2, -0.15) is 4.99 Å². The lowest BCUT2D eigenvalue weighted by Gasteiger charge is -2.08. The van der Waals surface area contributed by atoms with Gasteiger partial charge in [-0.25, -0.2) is 9.97 Å². The number of carbonyl (C=O) groups is 1. The van der Waals surface area contributed by atoms with Gasteiger partial charge in [-0.1, -0.05) is 48.0 Å². The van der Waals surface area contributed by atoms with Crippen LogP contribution in [0.2, 0.25) is 0 Å². The van der Waals surface area contributed by atoms with Crippen molar-refractivity contribution in [3.05, 3.63) is 88.3 Å². The van der Waals surface area contributed by atoms with E-state index in [9.17, 15) is 4.79 Å². The summed E-state index contributed by atoms with van der Waals surface area (Å²) in [5.74, 6) is 0.191. The highest BCUT2D eigenvalue weighted by molar-refractivity contribution is 7.98. The van der Waals surface area contributed by atoms with Crippen LogP contribution in [0.4, 0.5) is 0 Å². The molecular weight excluding hydrogens is 400 g/mol. The van der Waals surface area contributed by atoms with Crippen molar-refractivity contribution in [3.63, 3.8) is 0 Å². The Morgan fingerprint density at radius 2 is 1.72 bits per heavy atom. The molecule has 1 amide bonds. The van der Waals surface area contributed by atoms with Crippen molar-refractivity contribution < 1.29 is 4.79 Å². The summed E-state index contributed by atoms with van der Waals surface area (Å²) in [4.78, 5) is 27.6. The van der Waals surface area contributed by atoms with Crippen LogP contribution in [0, 0.1) is 6.92 Å². The summed E-state index contributed by atoms with van der Waals surface area (Å²) in [5.41, 5.74) is 3.63. The summed E-state index contributed by atoms with van der Waals surface area (Å²) >= 11 is 2.97. The van der Waals surface area contributed by atoms with E-state index in [1.807, 2.05) is 46.5 Å². The fraction of sp³-hybridized carbons (Fsp3) is 0.0909. The van der Waals surface area contributed by atoms with Gasteiger partial charge >= 0.3 is 0 Å². The normalized spacial score (nSPS) is 11.6. The molecule has 0 spiro atoms. The van der Waals surface area contributed by atoms with Crippen LogP contribution in [0.25, 0.3) is 17.2 Å². The number of hydrogen-bond acceptors (Lipinski definition) is 5. The second-order valence-corrected chi connectivity index (χ2v) is 8.03. The third kappa shape index (κ3) is 4.21. The lowest BCUT2D eigenvalue weighted by molar-refractivity contribution is 0.0998. The second kappa shape index (κ2) is 8.55. The van der Waals surface area contributed by atoms with Gasteiger partial charge in [0.15, 0.2) is 0 Å². The summed E-state index contributed by atoms with van der Waals surface area (Å²) in [5, 5.41) is 1.98. The topological polar surface area (TPSA) is 60.1 Å². The summed E-state index contributed by atoms with van der Waals surface area (Å²) < 4.78 is 1.83. The Bertz CT molecular complexity index is 1190. The average Bonchev–Trinajstić information content (AvgIpc) is 3.18. The molecule has 2 aromatic carbocycles. The first kappa shape index (κ1) is 19.3. The summed E-state index contributed by atoms with van der Waals surface area (Å²) in [7, 11) is 0. The number of amides is 1. The highest BCUT2D eigenvalue weighted by atomic mass is 32.2. The maximum atomic E-state index is 12.7. The van der Waals surface area contributed by atoms with Crippen LogP contribution in [-0.4, -0.2) is 26.7 Å². The van der Waals surface area contributed by atoms with E-state index in [1.165, 1.54) is 16.9 Å². The van der Waals surface area contributed by atoms with E-state index in [-0.39, 0.29) is 5.91 Å². The summed E-state index contributed by atoms with van der Waals surface area (Å²) in [6.45, 7) is 2.05. The van der Waals surface area contributed by atoms with Gasteiger partial charge in [-0.15, -0.1) is 23.1 Å². The summed E-state index contributed by atoms with van der Waals surface area (Å²) in [6, 6.07) is 17.3. The van der Waals surface area contributed by atoms with Crippen molar-refractivity contribution in [1.29, 1.82) is 0 Å². The zero-order chi connectivity index (χ0) is 20.2. The molecule has 5 nitrogen and oxygen atoms in total. The fourth-order valence-corrected chi connectivity index (χ4v) is 3.97. The quantitative estimate of drug-likeness (QED) is 0.448. The number of thiazole rings is 1. The third-order valence-corrected chi connectivity index (χ3v) is 5.83. The molecule has 2 aromatic heterocycles. The van der Waals surface area contributed by atoms with Gasteiger partial charge in [0, 0.05) is 28.2 Å². The lowest BCUT2D eigenvalue weighted by Crippen LogP contribution is -2.18. The molecule has 0 atom stereocenters. The molecule has 0 aliphatic heterocycles. The first-order valence-electron chi connectivity index (χ1n) is 8.94. The molecule has 0 saturated heterocycles. The van der Waals surface area contributed by atoms with Gasteiger partial charge in [0.2, 0.25) is 10.7 Å². The smallest absolute Gasteiger partial charge is 0.267 e. The van der Waals surface area contributed by atoms with Gasteiger partial charge in [0.05, 0.1) is 5.69 Å². The van der Waals surface area contributed by atoms with Crippen molar-refractivity contribution in [2.24, 2.45) is 4.99 Å². The average molecular weight is 419 g/mol. The van der Waals surface area contributed by atoms with E-state index in [1.54, 1.807) is 36.3 Å². The molecule has 144 valence electrons. The number of aromatic nitrogens is 3. The van der Waals surface area contributed by atoms with E-state index in [0.717, 1.165) is 16.2 Å². The zero-order valence-electron chi connectivity index (χ0n) is 15.9. The van der Waals surface area contributed by atoms with E-state index in [4.69, 9.17) is 0 Å². The van der Waals surface area contributed by atoms with Crippen molar-refractivity contribution in [2.45, 2.75) is 11.8 Å². The van der Waals surface area contributed by atoms with Gasteiger partial charge < -0.3 is 0 Å². The Morgan fingerprint density at radius 1 is 1.03 bits per heavy atom. The predicted octanol–water partition coefficient (Wildman–Crippen LogP) is 4.77. The minimum Gasteiger partial charge on any atom is -0.267 e. The Morgan fingerprint density at radius 3 is 2.38 bits per heavy atom. The van der Waals surface area contributed by atoms with Crippen molar-refractivity contribution in [2.75, 3.05) is 6.26 Å². The van der Waals surface area contributed by atoms with E-state index < -0.39 is 0 Å². The van der Waals surface area contributed by atoms with Gasteiger partial charge in [0.1, 0.15) is 0 Å². The molecule has 0 N–H and O–H groups in total. The molecule has 2 heterocycles. The number of rotatable bonds is 4. The maximum Gasteiger partial charge on any atom is 0.279 e. The van der Waals surface area contributed by atoms with Crippen molar-refractivity contribution in [1.82, 2.24) is 14.5 Å². The van der Waals surface area contributed by atoms with Crippen LogP contribution in [0.5, 0.6) is 0 Å². The van der Waals surface area contributed by atoms with E-state index >= 15 is 0 Å². The largest absolute Gasteiger partial charge is 0.279 e. The Kier molecular flexibility index (Phi) is 5.69. The number of nitrogens with zero attached hydrogens (tertiary/aromatic N) is 4. The molecule has 4 rings (SSSR count). The number of aryl methyl sites for hydroxylation is 1. The molecule has 0 radical (unpaired) electrons. The first-order chi connectivity index (χ1) is 14.2. The van der Waals surface area contributed by atoms with Crippen LogP contribution in [-0.2, 0) is 0 Å². The number of thioether (sulfide) groups is 1. The monoisotopic (exact) mass is 418 g/mol. The highest BCUT2D eigenvalue weighted by Crippen LogP contribution is 2.23. The Balaban J connectivity index is 1.88. The van der Waals surface area contributed by atoms with Crippen LogP contribution in [0.15, 0.2) is 82.3 Å². The first-order valence-corrected chi connectivity index (χ1v) is 11.0. The molecule has 0 aliphatic rings. The predicted molar refractivity (Wildman–Crippen MR) is 118 cm³/mol. The maximum absolute atomic E-state index is 12.7.